The molecule has 0 atom stereocenters. The number of nitrogen functional groups attached to an aromatic ring is 1. The molecule has 5 nitrogen and oxygen atoms in total. The summed E-state index contributed by atoms with van der Waals surface area (Å²) >= 11 is 0. The van der Waals surface area contributed by atoms with E-state index in [1.807, 2.05) is 0 Å². The molecular weight excluding hydrogens is 278 g/mol. The predicted molar refractivity (Wildman–Crippen MR) is 78.6 cm³/mol. The molecule has 0 unspecified atom stereocenters. The van der Waals surface area contributed by atoms with E-state index in [1.165, 1.54) is 0 Å². The quantitative estimate of drug-likeness (QED) is 0.638. The van der Waals surface area contributed by atoms with Gasteiger partial charge in [-0.3, -0.25) is 0 Å². The van der Waals surface area contributed by atoms with E-state index in [4.69, 9.17) is 15.2 Å². The number of nitrogens with two attached hydrogens (primary N) is 1. The fourth-order valence-electron chi connectivity index (χ4n) is 2.22. The van der Waals surface area contributed by atoms with Gasteiger partial charge >= 0.3 is 0 Å². The summed E-state index contributed by atoms with van der Waals surface area (Å²) in [6.45, 7) is 1.49. The number of sulfone groups is 1. The monoisotopic (exact) mass is 299 g/mol. The second-order valence-electron chi connectivity index (χ2n) is 4.95. The molecule has 1 saturated heterocycles. The third-order valence-electron chi connectivity index (χ3n) is 3.40. The van der Waals surface area contributed by atoms with Crippen molar-refractivity contribution < 1.29 is 17.9 Å². The highest BCUT2D eigenvalue weighted by Crippen LogP contribution is 2.18. The lowest BCUT2D eigenvalue weighted by atomic mass is 10.2. The lowest BCUT2D eigenvalue weighted by molar-refractivity contribution is 0.0983. The molecule has 0 aliphatic carbocycles. The second kappa shape index (κ2) is 6.95. The molecule has 0 spiro atoms. The number of hydrogen-bond acceptors (Lipinski definition) is 5. The molecule has 0 bridgehead atoms. The summed E-state index contributed by atoms with van der Waals surface area (Å²) in [5.74, 6) is 0.884. The molecule has 0 radical (unpaired) electrons. The zero-order valence-electron chi connectivity index (χ0n) is 11.5. The Morgan fingerprint density at radius 2 is 1.85 bits per heavy atom. The summed E-state index contributed by atoms with van der Waals surface area (Å²) in [6.07, 6.45) is 1.73. The van der Waals surface area contributed by atoms with Crippen molar-refractivity contribution in [2.45, 2.75) is 24.5 Å². The zero-order chi connectivity index (χ0) is 14.4. The lowest BCUT2D eigenvalue weighted by Gasteiger charge is -2.22. The van der Waals surface area contributed by atoms with Gasteiger partial charge in [0.15, 0.2) is 9.84 Å². The molecule has 112 valence electrons. The molecule has 1 aromatic carbocycles. The molecule has 2 rings (SSSR count). The molecule has 1 aromatic rings. The number of benzene rings is 1. The first-order chi connectivity index (χ1) is 9.58. The number of anilines is 1. The van der Waals surface area contributed by atoms with Gasteiger partial charge in [-0.05, 0) is 43.5 Å². The Kier molecular flexibility index (Phi) is 5.25. The zero-order valence-corrected chi connectivity index (χ0v) is 12.3. The van der Waals surface area contributed by atoms with Gasteiger partial charge < -0.3 is 15.2 Å². The van der Waals surface area contributed by atoms with Crippen molar-refractivity contribution in [2.75, 3.05) is 31.3 Å². The van der Waals surface area contributed by atoms with Gasteiger partial charge in [-0.25, -0.2) is 8.42 Å². The highest BCUT2D eigenvalue weighted by atomic mass is 32.2. The third kappa shape index (κ3) is 4.38. The van der Waals surface area contributed by atoms with Crippen LogP contribution in [0.5, 0.6) is 5.75 Å². The van der Waals surface area contributed by atoms with Crippen molar-refractivity contribution >= 4 is 15.5 Å². The maximum absolute atomic E-state index is 12.1. The van der Waals surface area contributed by atoms with E-state index in [9.17, 15) is 8.42 Å². The topological polar surface area (TPSA) is 78.6 Å². The van der Waals surface area contributed by atoms with Gasteiger partial charge in [-0.2, -0.15) is 0 Å². The molecule has 1 heterocycles. The summed E-state index contributed by atoms with van der Waals surface area (Å²) in [5.41, 5.74) is 6.26. The molecule has 1 fully saturated rings. The summed E-state index contributed by atoms with van der Waals surface area (Å²) in [7, 11) is -3.02. The molecule has 1 aliphatic heterocycles. The second-order valence-corrected chi connectivity index (χ2v) is 7.35. The first kappa shape index (κ1) is 15.1. The highest BCUT2D eigenvalue weighted by Gasteiger charge is 2.26. The van der Waals surface area contributed by atoms with Gasteiger partial charge in [0, 0.05) is 18.9 Å². The van der Waals surface area contributed by atoms with E-state index in [0.717, 1.165) is 0 Å². The van der Waals surface area contributed by atoms with Crippen LogP contribution >= 0.6 is 0 Å². The average Bonchev–Trinajstić information content (AvgIpc) is 2.46. The molecule has 6 heteroatoms. The van der Waals surface area contributed by atoms with Gasteiger partial charge in [0.2, 0.25) is 0 Å². The van der Waals surface area contributed by atoms with Crippen LogP contribution in [-0.4, -0.2) is 39.2 Å². The third-order valence-corrected chi connectivity index (χ3v) is 5.74. The van der Waals surface area contributed by atoms with Gasteiger partial charge in [0.25, 0.3) is 0 Å². The fourth-order valence-corrected chi connectivity index (χ4v) is 3.98. The lowest BCUT2D eigenvalue weighted by Crippen LogP contribution is -2.31. The van der Waals surface area contributed by atoms with Crippen LogP contribution in [0.1, 0.15) is 19.3 Å². The van der Waals surface area contributed by atoms with Crippen molar-refractivity contribution in [3.63, 3.8) is 0 Å². The fraction of sp³-hybridized carbons (Fsp3) is 0.571. The van der Waals surface area contributed by atoms with Crippen LogP contribution in [0.25, 0.3) is 0 Å². The molecule has 0 saturated carbocycles. The largest absolute Gasteiger partial charge is 0.494 e. The standard InChI is InChI=1S/C14H21NO4S/c15-12-2-4-13(5-3-12)19-8-1-11-20(16,17)14-6-9-18-10-7-14/h2-5,14H,1,6-11,15H2. The number of hydrogen-bond donors (Lipinski definition) is 1. The number of ether oxygens (including phenoxy) is 2. The minimum atomic E-state index is -3.02. The Hall–Kier alpha value is -1.27. The summed E-state index contributed by atoms with van der Waals surface area (Å²) in [6, 6.07) is 7.08. The van der Waals surface area contributed by atoms with Gasteiger partial charge in [0.1, 0.15) is 5.75 Å². The summed E-state index contributed by atoms with van der Waals surface area (Å²) in [4.78, 5) is 0. The minimum Gasteiger partial charge on any atom is -0.494 e. The summed E-state index contributed by atoms with van der Waals surface area (Å²) < 4.78 is 34.9. The van der Waals surface area contributed by atoms with E-state index in [1.54, 1.807) is 24.3 Å². The van der Waals surface area contributed by atoms with E-state index >= 15 is 0 Å². The smallest absolute Gasteiger partial charge is 0.153 e. The van der Waals surface area contributed by atoms with Crippen LogP contribution in [0.2, 0.25) is 0 Å². The molecule has 20 heavy (non-hydrogen) atoms. The Bertz CT molecular complexity index is 506. The van der Waals surface area contributed by atoms with Crippen molar-refractivity contribution in [1.82, 2.24) is 0 Å². The Labute approximate surface area is 120 Å². The molecule has 0 aromatic heterocycles. The SMILES string of the molecule is Nc1ccc(OCCCS(=O)(=O)C2CCOCC2)cc1. The van der Waals surface area contributed by atoms with Gasteiger partial charge in [0.05, 0.1) is 17.6 Å². The van der Waals surface area contributed by atoms with Crippen LogP contribution in [0.15, 0.2) is 24.3 Å². The van der Waals surface area contributed by atoms with E-state index < -0.39 is 9.84 Å². The summed E-state index contributed by atoms with van der Waals surface area (Å²) in [5, 5.41) is -0.243. The van der Waals surface area contributed by atoms with Crippen LogP contribution in [0.4, 0.5) is 5.69 Å². The Balaban J connectivity index is 1.73. The predicted octanol–water partition coefficient (Wildman–Crippen LogP) is 1.63. The minimum absolute atomic E-state index is 0.173. The Morgan fingerprint density at radius 3 is 2.50 bits per heavy atom. The van der Waals surface area contributed by atoms with Crippen molar-refractivity contribution in [2.24, 2.45) is 0 Å². The van der Waals surface area contributed by atoms with Crippen molar-refractivity contribution in [3.05, 3.63) is 24.3 Å². The first-order valence-electron chi connectivity index (χ1n) is 6.85. The van der Waals surface area contributed by atoms with Crippen LogP contribution in [0.3, 0.4) is 0 Å². The van der Waals surface area contributed by atoms with E-state index in [2.05, 4.69) is 0 Å². The normalized spacial score (nSPS) is 17.0. The average molecular weight is 299 g/mol. The molecule has 0 amide bonds. The molecule has 2 N–H and O–H groups in total. The van der Waals surface area contributed by atoms with Gasteiger partial charge in [-0.15, -0.1) is 0 Å². The Morgan fingerprint density at radius 1 is 1.20 bits per heavy atom. The first-order valence-corrected chi connectivity index (χ1v) is 8.57. The van der Waals surface area contributed by atoms with E-state index in [-0.39, 0.29) is 11.0 Å². The van der Waals surface area contributed by atoms with Crippen LogP contribution < -0.4 is 10.5 Å². The van der Waals surface area contributed by atoms with Crippen molar-refractivity contribution in [3.8, 4) is 5.75 Å². The number of rotatable bonds is 6. The maximum atomic E-state index is 12.1. The molecular formula is C14H21NO4S. The maximum Gasteiger partial charge on any atom is 0.153 e. The van der Waals surface area contributed by atoms with Crippen LogP contribution in [0, 0.1) is 0 Å². The van der Waals surface area contributed by atoms with E-state index in [0.29, 0.717) is 50.5 Å². The molecule has 1 aliphatic rings. The highest BCUT2D eigenvalue weighted by molar-refractivity contribution is 7.92. The van der Waals surface area contributed by atoms with Crippen molar-refractivity contribution in [1.29, 1.82) is 0 Å². The van der Waals surface area contributed by atoms with Gasteiger partial charge in [-0.1, -0.05) is 0 Å². The van der Waals surface area contributed by atoms with Crippen LogP contribution in [-0.2, 0) is 14.6 Å².